The first-order chi connectivity index (χ1) is 8.83. The Bertz CT molecular complexity index is 621. The summed E-state index contributed by atoms with van der Waals surface area (Å²) in [6.45, 7) is 0.312. The highest BCUT2D eigenvalue weighted by atomic mass is 32.2. The van der Waals surface area contributed by atoms with Gasteiger partial charge in [-0.1, -0.05) is 0 Å². The highest BCUT2D eigenvalue weighted by Gasteiger charge is 2.11. The number of nitriles is 1. The van der Waals surface area contributed by atoms with Crippen molar-refractivity contribution in [1.29, 1.82) is 5.26 Å². The van der Waals surface area contributed by atoms with Crippen molar-refractivity contribution in [3.05, 3.63) is 27.9 Å². The maximum atomic E-state index is 10.9. The third-order valence-electron chi connectivity index (χ3n) is 2.19. The molecule has 8 nitrogen and oxygen atoms in total. The summed E-state index contributed by atoms with van der Waals surface area (Å²) in [6.07, 6.45) is 2.54. The van der Waals surface area contributed by atoms with Crippen LogP contribution in [0.4, 0.5) is 11.5 Å². The van der Waals surface area contributed by atoms with Crippen LogP contribution < -0.4 is 5.32 Å². The summed E-state index contributed by atoms with van der Waals surface area (Å²) in [5.74, 6) is 0.233. The zero-order valence-electron chi connectivity index (χ0n) is 10.2. The van der Waals surface area contributed by atoms with Crippen LogP contribution in [0.2, 0.25) is 0 Å². The lowest BCUT2D eigenvalue weighted by atomic mass is 10.2. The Kier molecular flexibility index (Phi) is 4.77. The molecule has 0 amide bonds. The summed E-state index contributed by atoms with van der Waals surface area (Å²) >= 11 is 0. The molecule has 102 valence electrons. The third kappa shape index (κ3) is 4.89. The minimum atomic E-state index is -3.03. The molecule has 0 bridgehead atoms. The van der Waals surface area contributed by atoms with Gasteiger partial charge in [0.25, 0.3) is 5.69 Å². The number of sulfone groups is 1. The number of nitrogens with zero attached hydrogens (tertiary/aromatic N) is 3. The number of nitrogens with one attached hydrogen (secondary N) is 1. The van der Waals surface area contributed by atoms with Crippen molar-refractivity contribution < 1.29 is 13.3 Å². The quantitative estimate of drug-likeness (QED) is 0.463. The highest BCUT2D eigenvalue weighted by molar-refractivity contribution is 7.90. The van der Waals surface area contributed by atoms with E-state index in [1.807, 2.05) is 0 Å². The molecule has 1 N–H and O–H groups in total. The van der Waals surface area contributed by atoms with E-state index in [0.717, 1.165) is 18.5 Å². The second-order valence-corrected chi connectivity index (χ2v) is 6.13. The van der Waals surface area contributed by atoms with Gasteiger partial charge in [-0.15, -0.1) is 0 Å². The van der Waals surface area contributed by atoms with Gasteiger partial charge in [-0.25, -0.2) is 13.4 Å². The topological polar surface area (TPSA) is 126 Å². The Hall–Kier alpha value is -2.21. The number of anilines is 1. The zero-order chi connectivity index (χ0) is 14.5. The lowest BCUT2D eigenvalue weighted by molar-refractivity contribution is -0.385. The van der Waals surface area contributed by atoms with Gasteiger partial charge in [0.05, 0.1) is 10.7 Å². The molecule has 9 heteroatoms. The highest BCUT2D eigenvalue weighted by Crippen LogP contribution is 2.17. The maximum Gasteiger partial charge on any atom is 0.289 e. The summed E-state index contributed by atoms with van der Waals surface area (Å²) in [5.41, 5.74) is -0.216. The third-order valence-corrected chi connectivity index (χ3v) is 3.22. The molecule has 1 aromatic heterocycles. The van der Waals surface area contributed by atoms with Crippen LogP contribution in [0.15, 0.2) is 12.3 Å². The Balaban J connectivity index is 2.69. The number of nitro groups is 1. The molecule has 0 aromatic carbocycles. The van der Waals surface area contributed by atoms with Gasteiger partial charge < -0.3 is 5.32 Å². The van der Waals surface area contributed by atoms with E-state index in [0.29, 0.717) is 13.0 Å². The van der Waals surface area contributed by atoms with Gasteiger partial charge in [-0.2, -0.15) is 5.26 Å². The second-order valence-electron chi connectivity index (χ2n) is 3.87. The largest absolute Gasteiger partial charge is 0.369 e. The Morgan fingerprint density at radius 3 is 2.79 bits per heavy atom. The van der Waals surface area contributed by atoms with Gasteiger partial charge in [0.2, 0.25) is 0 Å². The van der Waals surface area contributed by atoms with E-state index in [2.05, 4.69) is 10.3 Å². The van der Waals surface area contributed by atoms with Crippen molar-refractivity contribution in [3.8, 4) is 6.07 Å². The van der Waals surface area contributed by atoms with Crippen molar-refractivity contribution in [2.24, 2.45) is 0 Å². The van der Waals surface area contributed by atoms with Crippen molar-refractivity contribution >= 4 is 21.3 Å². The normalized spacial score (nSPS) is 10.7. The number of pyridine rings is 1. The summed E-state index contributed by atoms with van der Waals surface area (Å²) in [7, 11) is -3.03. The molecule has 0 unspecified atom stereocenters. The Morgan fingerprint density at radius 1 is 1.58 bits per heavy atom. The predicted octanol–water partition coefficient (Wildman–Crippen LogP) is 0.708. The van der Waals surface area contributed by atoms with E-state index in [9.17, 15) is 18.5 Å². The minimum Gasteiger partial charge on any atom is -0.369 e. The molecule has 0 saturated carbocycles. The monoisotopic (exact) mass is 284 g/mol. The first kappa shape index (κ1) is 14.8. The van der Waals surface area contributed by atoms with Gasteiger partial charge in [-0.3, -0.25) is 10.1 Å². The number of rotatable bonds is 6. The van der Waals surface area contributed by atoms with E-state index < -0.39 is 14.8 Å². The molecule has 0 radical (unpaired) electrons. The summed E-state index contributed by atoms with van der Waals surface area (Å²) in [4.78, 5) is 13.7. The van der Waals surface area contributed by atoms with Crippen LogP contribution in [0.25, 0.3) is 0 Å². The van der Waals surface area contributed by atoms with Crippen LogP contribution in [0.5, 0.6) is 0 Å². The van der Waals surface area contributed by atoms with Gasteiger partial charge in [0.15, 0.2) is 0 Å². The van der Waals surface area contributed by atoms with Crippen molar-refractivity contribution in [3.63, 3.8) is 0 Å². The molecule has 0 aliphatic rings. The molecular weight excluding hydrogens is 272 g/mol. The van der Waals surface area contributed by atoms with Gasteiger partial charge in [0.1, 0.15) is 33.5 Å². The minimum absolute atomic E-state index is 0.0227. The summed E-state index contributed by atoms with van der Waals surface area (Å²) < 4.78 is 21.8. The van der Waals surface area contributed by atoms with Gasteiger partial charge in [0, 0.05) is 18.9 Å². The lowest BCUT2D eigenvalue weighted by Crippen LogP contribution is -2.11. The fourth-order valence-corrected chi connectivity index (χ4v) is 1.99. The molecule has 0 atom stereocenters. The van der Waals surface area contributed by atoms with Crippen LogP contribution in [0.1, 0.15) is 12.0 Å². The lowest BCUT2D eigenvalue weighted by Gasteiger charge is -2.06. The molecule has 19 heavy (non-hydrogen) atoms. The number of hydrogen-bond donors (Lipinski definition) is 1. The van der Waals surface area contributed by atoms with Crippen LogP contribution in [-0.2, 0) is 9.84 Å². The van der Waals surface area contributed by atoms with E-state index >= 15 is 0 Å². The smallest absolute Gasteiger partial charge is 0.289 e. The Labute approximate surface area is 110 Å². The molecule has 1 rings (SSSR count). The standard InChI is InChI=1S/C10H12N4O4S/c1-19(17,18)4-2-3-12-10-8(6-11)5-9(7-13-10)14(15)16/h5,7H,2-4H2,1H3,(H,12,13). The zero-order valence-corrected chi connectivity index (χ0v) is 11.0. The van der Waals surface area contributed by atoms with Gasteiger partial charge in [-0.05, 0) is 6.42 Å². The van der Waals surface area contributed by atoms with E-state index in [1.54, 1.807) is 6.07 Å². The maximum absolute atomic E-state index is 10.9. The van der Waals surface area contributed by atoms with Crippen LogP contribution in [0.3, 0.4) is 0 Å². The van der Waals surface area contributed by atoms with E-state index in [1.165, 1.54) is 0 Å². The molecule has 0 saturated heterocycles. The van der Waals surface area contributed by atoms with E-state index in [4.69, 9.17) is 5.26 Å². The van der Waals surface area contributed by atoms with Crippen molar-refractivity contribution in [2.45, 2.75) is 6.42 Å². The molecule has 0 aliphatic carbocycles. The van der Waals surface area contributed by atoms with Crippen LogP contribution >= 0.6 is 0 Å². The van der Waals surface area contributed by atoms with Crippen molar-refractivity contribution in [2.75, 3.05) is 23.9 Å². The average Bonchev–Trinajstić information content (AvgIpc) is 2.33. The number of hydrogen-bond acceptors (Lipinski definition) is 7. The molecule has 0 fully saturated rings. The summed E-state index contributed by atoms with van der Waals surface area (Å²) in [6, 6.07) is 2.92. The second kappa shape index (κ2) is 6.10. The fraction of sp³-hybridized carbons (Fsp3) is 0.400. The SMILES string of the molecule is CS(=O)(=O)CCCNc1ncc([N+](=O)[O-])cc1C#N. The molecular formula is C10H12N4O4S. The molecule has 1 aromatic rings. The molecule has 0 aliphatic heterocycles. The van der Waals surface area contributed by atoms with Crippen LogP contribution in [-0.4, -0.2) is 36.9 Å². The fourth-order valence-electron chi connectivity index (χ4n) is 1.32. The Morgan fingerprint density at radius 2 is 2.26 bits per heavy atom. The van der Waals surface area contributed by atoms with Crippen LogP contribution in [0, 0.1) is 21.4 Å². The van der Waals surface area contributed by atoms with E-state index in [-0.39, 0.29) is 22.8 Å². The van der Waals surface area contributed by atoms with Gasteiger partial charge >= 0.3 is 0 Å². The average molecular weight is 284 g/mol. The van der Waals surface area contributed by atoms with Crippen molar-refractivity contribution in [1.82, 2.24) is 4.98 Å². The molecule has 1 heterocycles. The first-order valence-corrected chi connectivity index (χ1v) is 7.35. The number of aromatic nitrogens is 1. The first-order valence-electron chi connectivity index (χ1n) is 5.29. The molecule has 0 spiro atoms. The predicted molar refractivity (Wildman–Crippen MR) is 68.4 cm³/mol. The summed E-state index contributed by atoms with van der Waals surface area (Å²) in [5, 5.41) is 22.2.